The smallest absolute Gasteiger partial charge is 0.345 e. The zero-order valence-corrected chi connectivity index (χ0v) is 21.6. The van der Waals surface area contributed by atoms with Crippen LogP contribution in [0.5, 0.6) is 17.5 Å². The molecule has 212 valence electrons. The first-order valence-electron chi connectivity index (χ1n) is 12.5. The van der Waals surface area contributed by atoms with Crippen molar-refractivity contribution in [3.8, 4) is 17.5 Å². The van der Waals surface area contributed by atoms with Crippen LogP contribution in [0.1, 0.15) is 23.2 Å². The van der Waals surface area contributed by atoms with Gasteiger partial charge in [0.05, 0.1) is 32.6 Å². The van der Waals surface area contributed by atoms with Crippen molar-refractivity contribution in [1.29, 1.82) is 0 Å². The predicted molar refractivity (Wildman–Crippen MR) is 145 cm³/mol. The van der Waals surface area contributed by atoms with E-state index in [1.54, 1.807) is 48.5 Å². The Kier molecular flexibility index (Phi) is 7.34. The maximum atomic E-state index is 13.6. The highest BCUT2D eigenvalue weighted by Crippen LogP contribution is 2.38. The zero-order chi connectivity index (χ0) is 30.0. The topological polar surface area (TPSA) is 188 Å². The van der Waals surface area contributed by atoms with Crippen molar-refractivity contribution in [2.24, 2.45) is 0 Å². The fourth-order valence-electron chi connectivity index (χ4n) is 4.65. The molecule has 3 aromatic carbocycles. The second-order valence-electron chi connectivity index (χ2n) is 9.00. The van der Waals surface area contributed by atoms with Crippen LogP contribution in [0.25, 0.3) is 21.8 Å². The Hall–Kier alpha value is -6.05. The molecule has 0 radical (unpaired) electrons. The van der Waals surface area contributed by atoms with Crippen LogP contribution in [0.4, 0.5) is 11.4 Å². The molecule has 5 aromatic rings. The van der Waals surface area contributed by atoms with Gasteiger partial charge >= 0.3 is 23.3 Å². The first-order valence-corrected chi connectivity index (χ1v) is 12.5. The molecular formula is C28H21N4O10+. The number of hydrogen-bond donors (Lipinski definition) is 2. The van der Waals surface area contributed by atoms with E-state index < -0.39 is 50.7 Å². The average Bonchev–Trinajstić information content (AvgIpc) is 3.28. The van der Waals surface area contributed by atoms with Gasteiger partial charge in [-0.2, -0.15) is 4.57 Å². The molecule has 0 aliphatic carbocycles. The van der Waals surface area contributed by atoms with Crippen molar-refractivity contribution in [3.05, 3.63) is 105 Å². The van der Waals surface area contributed by atoms with Crippen LogP contribution < -0.4 is 14.1 Å². The Labute approximate surface area is 235 Å². The summed E-state index contributed by atoms with van der Waals surface area (Å²) in [5, 5.41) is 43.4. The summed E-state index contributed by atoms with van der Waals surface area (Å²) in [5.74, 6) is -3.40. The number of carbonyl (C=O) groups excluding carboxylic acids is 2. The highest BCUT2D eigenvalue weighted by Gasteiger charge is 2.32. The van der Waals surface area contributed by atoms with Crippen molar-refractivity contribution in [1.82, 2.24) is 4.73 Å². The lowest BCUT2D eigenvalue weighted by Gasteiger charge is -2.12. The van der Waals surface area contributed by atoms with Gasteiger partial charge in [0.15, 0.2) is 0 Å². The van der Waals surface area contributed by atoms with E-state index in [4.69, 9.17) is 9.57 Å². The van der Waals surface area contributed by atoms with Gasteiger partial charge in [0.1, 0.15) is 6.54 Å². The number of aromatic hydroxyl groups is 2. The molecule has 0 spiro atoms. The molecule has 0 amide bonds. The number of aryl methyl sites for hydroxylation is 1. The lowest BCUT2D eigenvalue weighted by molar-refractivity contribution is -0.645. The quantitative estimate of drug-likeness (QED) is 0.0652. The minimum atomic E-state index is -1.03. The van der Waals surface area contributed by atoms with Crippen molar-refractivity contribution in [3.63, 3.8) is 0 Å². The third-order valence-corrected chi connectivity index (χ3v) is 6.45. The molecule has 42 heavy (non-hydrogen) atoms. The maximum Gasteiger partial charge on any atom is 0.345 e. The number of pyridine rings is 1. The van der Waals surface area contributed by atoms with Crippen molar-refractivity contribution in [2.75, 3.05) is 0 Å². The van der Waals surface area contributed by atoms with E-state index in [2.05, 4.69) is 0 Å². The van der Waals surface area contributed by atoms with E-state index in [9.17, 15) is 40.0 Å². The number of rotatable bonds is 9. The molecule has 0 saturated carbocycles. The minimum Gasteiger partial charge on any atom is -0.492 e. The molecule has 0 aliphatic heterocycles. The van der Waals surface area contributed by atoms with E-state index in [1.807, 2.05) is 4.57 Å². The van der Waals surface area contributed by atoms with Gasteiger partial charge in [0.2, 0.25) is 22.8 Å². The van der Waals surface area contributed by atoms with E-state index in [-0.39, 0.29) is 24.9 Å². The molecule has 2 N–H and O–H groups in total. The number of nitro benzene ring substituents is 2. The molecule has 0 unspecified atom stereocenters. The van der Waals surface area contributed by atoms with Crippen LogP contribution in [0, 0.1) is 20.2 Å². The molecule has 0 bridgehead atoms. The standard InChI is InChI=1S/C28H20N4O10/c33-23-14-15-24(34)30(23)42-25(35)13-6-16-29-19-9-3-1-7-17(19)26(18-8-2-4-10-20(18)29)28(36)41-27-21(31(37)38)11-5-12-22(27)32(39)40/h1-5,7-12,14-15,36H,6,13,16H2/p+1. The lowest BCUT2D eigenvalue weighted by Crippen LogP contribution is -2.37. The first-order chi connectivity index (χ1) is 20.2. The molecule has 0 atom stereocenters. The molecule has 0 saturated heterocycles. The van der Waals surface area contributed by atoms with Gasteiger partial charge in [-0.3, -0.25) is 20.2 Å². The molecule has 0 aliphatic rings. The van der Waals surface area contributed by atoms with E-state index in [0.717, 1.165) is 30.3 Å². The largest absolute Gasteiger partial charge is 0.492 e. The number of para-hydroxylation sites is 3. The summed E-state index contributed by atoms with van der Waals surface area (Å²) < 4.78 is 7.85. The van der Waals surface area contributed by atoms with Crippen LogP contribution in [0.2, 0.25) is 0 Å². The second kappa shape index (κ2) is 11.2. The van der Waals surface area contributed by atoms with Crippen LogP contribution in [-0.4, -0.2) is 36.7 Å². The van der Waals surface area contributed by atoms with Gasteiger partial charge in [-0.05, 0) is 18.2 Å². The monoisotopic (exact) mass is 573 g/mol. The fraction of sp³-hybridized carbons (Fsp3) is 0.107. The number of benzene rings is 3. The summed E-state index contributed by atoms with van der Waals surface area (Å²) in [5.41, 5.74) is -0.289. The number of nitrogens with zero attached hydrogens (tertiary/aromatic N) is 4. The van der Waals surface area contributed by atoms with Crippen LogP contribution in [-0.2, 0) is 11.3 Å². The predicted octanol–water partition coefficient (Wildman–Crippen LogP) is 3.96. The van der Waals surface area contributed by atoms with Gasteiger partial charge in [-0.1, -0.05) is 24.3 Å². The van der Waals surface area contributed by atoms with Crippen molar-refractivity contribution in [2.45, 2.75) is 19.4 Å². The Morgan fingerprint density at radius 2 is 1.31 bits per heavy atom. The van der Waals surface area contributed by atoms with Crippen LogP contribution in [0.15, 0.2) is 78.9 Å². The summed E-state index contributed by atoms with van der Waals surface area (Å²) in [6.07, 6.45) is 0.185. The van der Waals surface area contributed by atoms with Gasteiger partial charge in [-0.15, -0.1) is 4.73 Å². The number of fused-ring (bicyclic) bond motifs is 2. The number of ether oxygens (including phenoxy) is 1. The third kappa shape index (κ3) is 5.11. The number of aromatic nitrogens is 2. The summed E-state index contributed by atoms with van der Waals surface area (Å²) in [4.78, 5) is 52.4. The molecule has 5 rings (SSSR count). The first kappa shape index (κ1) is 27.5. The molecule has 14 heteroatoms. The maximum absolute atomic E-state index is 13.6. The Morgan fingerprint density at radius 1 is 0.786 bits per heavy atom. The summed E-state index contributed by atoms with van der Waals surface area (Å²) in [6.45, 7) is 0.282. The highest BCUT2D eigenvalue weighted by atomic mass is 16.7. The van der Waals surface area contributed by atoms with Crippen molar-refractivity contribution < 1.29 is 43.8 Å². The number of carbonyl (C=O) groups is 2. The highest BCUT2D eigenvalue weighted by molar-refractivity contribution is 6.13. The van der Waals surface area contributed by atoms with Crippen molar-refractivity contribution >= 4 is 45.1 Å². The average molecular weight is 573 g/mol. The molecular weight excluding hydrogens is 552 g/mol. The van der Waals surface area contributed by atoms with Gasteiger partial charge in [-0.25, -0.2) is 9.59 Å². The van der Waals surface area contributed by atoms with E-state index in [0.29, 0.717) is 26.5 Å². The lowest BCUT2D eigenvalue weighted by atomic mass is 10.0. The van der Waals surface area contributed by atoms with Gasteiger partial charge in [0.25, 0.3) is 5.75 Å². The summed E-state index contributed by atoms with van der Waals surface area (Å²) in [7, 11) is 0. The Morgan fingerprint density at radius 3 is 1.83 bits per heavy atom. The summed E-state index contributed by atoms with van der Waals surface area (Å²) >= 11 is 0. The second-order valence-corrected chi connectivity index (χ2v) is 9.00. The molecule has 2 aromatic heterocycles. The Balaban J connectivity index is 1.52. The number of nitro groups is 2. The van der Waals surface area contributed by atoms with E-state index >= 15 is 0 Å². The Bertz CT molecular complexity index is 1790. The molecule has 0 fully saturated rings. The van der Waals surface area contributed by atoms with Gasteiger partial charge in [0, 0.05) is 42.8 Å². The third-order valence-electron chi connectivity index (χ3n) is 6.45. The van der Waals surface area contributed by atoms with Crippen LogP contribution in [0.3, 0.4) is 0 Å². The fourth-order valence-corrected chi connectivity index (χ4v) is 4.65. The number of hydrogen-bond acceptors (Lipinski definition) is 10. The van der Waals surface area contributed by atoms with E-state index in [1.165, 1.54) is 0 Å². The minimum absolute atomic E-state index is 0.0443. The number of esters is 1. The zero-order valence-electron chi connectivity index (χ0n) is 21.6. The normalized spacial score (nSPS) is 11.0. The van der Waals surface area contributed by atoms with Crippen LogP contribution >= 0.6 is 0 Å². The summed E-state index contributed by atoms with van der Waals surface area (Å²) in [6, 6.07) is 19.1. The SMILES string of the molecule is O=C(CCC[n+]1c2ccccc2c(C(=O)Oc2c([N+](=O)[O-])cccc2[N+](=O)[O-])c2ccccc21)On1c(O)ccc1O. The van der Waals surface area contributed by atoms with Gasteiger partial charge < -0.3 is 19.8 Å². The molecule has 14 nitrogen and oxygen atoms in total. The molecule has 2 heterocycles.